The Morgan fingerprint density at radius 2 is 2.16 bits per heavy atom. The van der Waals surface area contributed by atoms with E-state index in [1.165, 1.54) is 10.6 Å². The third-order valence-electron chi connectivity index (χ3n) is 2.64. The minimum Gasteiger partial charge on any atom is -0.319 e. The van der Waals surface area contributed by atoms with Crippen molar-refractivity contribution in [1.29, 1.82) is 0 Å². The van der Waals surface area contributed by atoms with Gasteiger partial charge in [-0.15, -0.1) is 0 Å². The second-order valence-electron chi connectivity index (χ2n) is 4.14. The molecule has 0 saturated carbocycles. The van der Waals surface area contributed by atoms with Gasteiger partial charge in [0.2, 0.25) is 0 Å². The van der Waals surface area contributed by atoms with Gasteiger partial charge >= 0.3 is 0 Å². The molecule has 6 heteroatoms. The Hall–Kier alpha value is -1.95. The van der Waals surface area contributed by atoms with Gasteiger partial charge in [-0.2, -0.15) is 0 Å². The third-order valence-corrected chi connectivity index (χ3v) is 3.08. The van der Waals surface area contributed by atoms with Gasteiger partial charge in [0.15, 0.2) is 0 Å². The number of hydrogen-bond donors (Lipinski definition) is 1. The van der Waals surface area contributed by atoms with Crippen LogP contribution >= 0.6 is 15.9 Å². The number of halogens is 1. The molecule has 0 atom stereocenters. The van der Waals surface area contributed by atoms with Gasteiger partial charge in [-0.1, -0.05) is 0 Å². The zero-order valence-corrected chi connectivity index (χ0v) is 12.1. The zero-order chi connectivity index (χ0) is 14.0. The number of rotatable bonds is 2. The van der Waals surface area contributed by atoms with Crippen molar-refractivity contribution in [2.24, 2.45) is 7.05 Å². The highest BCUT2D eigenvalue weighted by atomic mass is 79.9. The predicted octanol–water partition coefficient (Wildman–Crippen LogP) is 2.10. The molecule has 0 radical (unpaired) electrons. The minimum atomic E-state index is -0.351. The molecule has 2 aromatic rings. The SMILES string of the molecule is Cc1cc(Br)cnc1NC(=O)c1ccn(C)c(=O)c1. The maximum Gasteiger partial charge on any atom is 0.257 e. The molecule has 2 rings (SSSR count). The Kier molecular flexibility index (Phi) is 3.80. The smallest absolute Gasteiger partial charge is 0.257 e. The van der Waals surface area contributed by atoms with Crippen LogP contribution in [0.5, 0.6) is 0 Å². The van der Waals surface area contributed by atoms with E-state index >= 15 is 0 Å². The van der Waals surface area contributed by atoms with E-state index in [0.717, 1.165) is 10.0 Å². The van der Waals surface area contributed by atoms with Crippen LogP contribution in [-0.2, 0) is 7.05 Å². The highest BCUT2D eigenvalue weighted by Crippen LogP contribution is 2.17. The van der Waals surface area contributed by atoms with E-state index in [1.54, 1.807) is 25.5 Å². The van der Waals surface area contributed by atoms with Crippen molar-refractivity contribution >= 4 is 27.7 Å². The van der Waals surface area contributed by atoms with E-state index in [9.17, 15) is 9.59 Å². The van der Waals surface area contributed by atoms with E-state index in [-0.39, 0.29) is 11.5 Å². The summed E-state index contributed by atoms with van der Waals surface area (Å²) >= 11 is 3.31. The summed E-state index contributed by atoms with van der Waals surface area (Å²) in [6, 6.07) is 4.74. The number of carbonyl (C=O) groups is 1. The Labute approximate surface area is 118 Å². The maximum atomic E-state index is 12.0. The number of carbonyl (C=O) groups excluding carboxylic acids is 1. The van der Waals surface area contributed by atoms with Crippen molar-refractivity contribution < 1.29 is 4.79 Å². The molecule has 0 aromatic carbocycles. The molecule has 0 bridgehead atoms. The molecular weight excluding hydrogens is 310 g/mol. The van der Waals surface area contributed by atoms with Crippen molar-refractivity contribution in [2.75, 3.05) is 5.32 Å². The molecule has 1 amide bonds. The number of hydrogen-bond acceptors (Lipinski definition) is 3. The van der Waals surface area contributed by atoms with E-state index in [1.807, 2.05) is 13.0 Å². The summed E-state index contributed by atoms with van der Waals surface area (Å²) in [5.41, 5.74) is 0.923. The molecule has 0 aliphatic rings. The first kappa shape index (κ1) is 13.5. The van der Waals surface area contributed by atoms with Gasteiger partial charge in [0.25, 0.3) is 11.5 Å². The number of aryl methyl sites for hydroxylation is 2. The van der Waals surface area contributed by atoms with Crippen LogP contribution in [0.15, 0.2) is 39.9 Å². The van der Waals surface area contributed by atoms with Crippen LogP contribution in [0.3, 0.4) is 0 Å². The van der Waals surface area contributed by atoms with Gasteiger partial charge in [-0.25, -0.2) is 4.98 Å². The molecule has 19 heavy (non-hydrogen) atoms. The summed E-state index contributed by atoms with van der Waals surface area (Å²) in [7, 11) is 1.63. The molecule has 1 N–H and O–H groups in total. The first-order valence-electron chi connectivity index (χ1n) is 5.57. The molecule has 0 aliphatic heterocycles. The van der Waals surface area contributed by atoms with Gasteiger partial charge in [-0.05, 0) is 40.5 Å². The van der Waals surface area contributed by atoms with Crippen LogP contribution in [0.2, 0.25) is 0 Å². The van der Waals surface area contributed by atoms with E-state index in [0.29, 0.717) is 11.4 Å². The quantitative estimate of drug-likeness (QED) is 0.921. The second kappa shape index (κ2) is 5.36. The summed E-state index contributed by atoms with van der Waals surface area (Å²) in [6.45, 7) is 1.84. The fourth-order valence-corrected chi connectivity index (χ4v) is 1.99. The molecule has 5 nitrogen and oxygen atoms in total. The summed E-state index contributed by atoms with van der Waals surface area (Å²) in [6.07, 6.45) is 3.16. The largest absolute Gasteiger partial charge is 0.319 e. The average Bonchev–Trinajstić information content (AvgIpc) is 2.36. The Bertz CT molecular complexity index is 695. The van der Waals surface area contributed by atoms with Crippen LogP contribution in [-0.4, -0.2) is 15.5 Å². The number of aromatic nitrogens is 2. The minimum absolute atomic E-state index is 0.229. The molecular formula is C13H12BrN3O2. The van der Waals surface area contributed by atoms with E-state index in [4.69, 9.17) is 0 Å². The molecule has 2 aromatic heterocycles. The van der Waals surface area contributed by atoms with Crippen molar-refractivity contribution in [3.63, 3.8) is 0 Å². The zero-order valence-electron chi connectivity index (χ0n) is 10.5. The fourth-order valence-electron chi connectivity index (χ4n) is 1.54. The van der Waals surface area contributed by atoms with Crippen LogP contribution < -0.4 is 10.9 Å². The lowest BCUT2D eigenvalue weighted by atomic mass is 10.2. The second-order valence-corrected chi connectivity index (χ2v) is 5.05. The normalized spacial score (nSPS) is 10.3. The van der Waals surface area contributed by atoms with Crippen molar-refractivity contribution in [2.45, 2.75) is 6.92 Å². The average molecular weight is 322 g/mol. The first-order valence-corrected chi connectivity index (χ1v) is 6.37. The number of nitrogens with one attached hydrogen (secondary N) is 1. The van der Waals surface area contributed by atoms with Crippen molar-refractivity contribution in [1.82, 2.24) is 9.55 Å². The van der Waals surface area contributed by atoms with E-state index < -0.39 is 0 Å². The Balaban J connectivity index is 2.25. The van der Waals surface area contributed by atoms with Gasteiger partial charge in [0.1, 0.15) is 5.82 Å². The van der Waals surface area contributed by atoms with Gasteiger partial charge in [0, 0.05) is 35.5 Å². The van der Waals surface area contributed by atoms with Gasteiger partial charge in [-0.3, -0.25) is 9.59 Å². The maximum absolute atomic E-state index is 12.0. The summed E-state index contributed by atoms with van der Waals surface area (Å²) < 4.78 is 2.25. The standard InChI is InChI=1S/C13H12BrN3O2/c1-8-5-10(14)7-15-12(8)16-13(19)9-3-4-17(2)11(18)6-9/h3-7H,1-2H3,(H,15,16,19). The Morgan fingerprint density at radius 1 is 1.42 bits per heavy atom. The molecule has 2 heterocycles. The summed E-state index contributed by atoms with van der Waals surface area (Å²) in [5, 5.41) is 2.68. The lowest BCUT2D eigenvalue weighted by molar-refractivity contribution is 0.102. The highest BCUT2D eigenvalue weighted by molar-refractivity contribution is 9.10. The summed E-state index contributed by atoms with van der Waals surface area (Å²) in [4.78, 5) is 27.6. The van der Waals surface area contributed by atoms with Gasteiger partial charge < -0.3 is 9.88 Å². The predicted molar refractivity (Wildman–Crippen MR) is 76.3 cm³/mol. The molecule has 0 unspecified atom stereocenters. The van der Waals surface area contributed by atoms with Crippen LogP contribution in [0.4, 0.5) is 5.82 Å². The Morgan fingerprint density at radius 3 is 2.79 bits per heavy atom. The number of anilines is 1. The third kappa shape index (κ3) is 3.08. The van der Waals surface area contributed by atoms with Gasteiger partial charge in [0.05, 0.1) is 0 Å². The number of amides is 1. The van der Waals surface area contributed by atoms with Crippen LogP contribution in [0, 0.1) is 6.92 Å². The van der Waals surface area contributed by atoms with Crippen molar-refractivity contribution in [3.05, 3.63) is 56.5 Å². The number of nitrogens with zero attached hydrogens (tertiary/aromatic N) is 2. The van der Waals surface area contributed by atoms with Crippen molar-refractivity contribution in [3.8, 4) is 0 Å². The molecule has 0 aliphatic carbocycles. The molecule has 0 saturated heterocycles. The lowest BCUT2D eigenvalue weighted by Gasteiger charge is -2.07. The van der Waals surface area contributed by atoms with Crippen LogP contribution in [0.25, 0.3) is 0 Å². The van der Waals surface area contributed by atoms with E-state index in [2.05, 4.69) is 26.2 Å². The molecule has 98 valence electrons. The topological polar surface area (TPSA) is 64.0 Å². The fraction of sp³-hybridized carbons (Fsp3) is 0.154. The molecule has 0 spiro atoms. The first-order chi connectivity index (χ1) is 8.97. The summed E-state index contributed by atoms with van der Waals surface area (Å²) in [5.74, 6) is 0.129. The molecule has 0 fully saturated rings. The van der Waals surface area contributed by atoms with Crippen LogP contribution in [0.1, 0.15) is 15.9 Å². The number of pyridine rings is 2. The lowest BCUT2D eigenvalue weighted by Crippen LogP contribution is -2.20. The highest BCUT2D eigenvalue weighted by Gasteiger charge is 2.09. The monoisotopic (exact) mass is 321 g/mol.